The van der Waals surface area contributed by atoms with E-state index >= 15 is 0 Å². The van der Waals surface area contributed by atoms with Crippen molar-refractivity contribution in [3.63, 3.8) is 0 Å². The lowest BCUT2D eigenvalue weighted by Gasteiger charge is -2.04. The average Bonchev–Trinajstić information content (AvgIpc) is 3.16. The van der Waals surface area contributed by atoms with Crippen molar-refractivity contribution >= 4 is 44.2 Å². The van der Waals surface area contributed by atoms with Gasteiger partial charge >= 0.3 is 0 Å². The Balaban J connectivity index is 1.45. The monoisotopic (exact) mass is 394 g/mol. The maximum absolute atomic E-state index is 10.3. The lowest BCUT2D eigenvalue weighted by atomic mass is 10.0. The van der Waals surface area contributed by atoms with E-state index in [1.165, 1.54) is 10.3 Å². The standard InChI is InChI=1S/C25H18N2OS/c1-16-6-12-22-24(14-16)29-25(27-22)18-7-10-19(11-8-18)26-15-21-20-5-3-2-4-17(20)9-13-23(21)28/h2-15,28H,1H3. The molecule has 0 atom stereocenters. The maximum atomic E-state index is 10.3. The molecule has 5 rings (SSSR count). The molecule has 4 heteroatoms. The van der Waals surface area contributed by atoms with Crippen molar-refractivity contribution in [2.24, 2.45) is 4.99 Å². The van der Waals surface area contributed by atoms with Crippen molar-refractivity contribution in [1.29, 1.82) is 0 Å². The van der Waals surface area contributed by atoms with Crippen molar-refractivity contribution in [3.8, 4) is 16.3 Å². The summed E-state index contributed by atoms with van der Waals surface area (Å²) in [7, 11) is 0. The molecule has 0 aliphatic rings. The minimum atomic E-state index is 0.230. The van der Waals surface area contributed by atoms with Gasteiger partial charge in [-0.15, -0.1) is 11.3 Å². The molecule has 5 aromatic rings. The number of rotatable bonds is 3. The summed E-state index contributed by atoms with van der Waals surface area (Å²) in [6, 6.07) is 26.0. The largest absolute Gasteiger partial charge is 0.507 e. The zero-order valence-electron chi connectivity index (χ0n) is 15.8. The summed E-state index contributed by atoms with van der Waals surface area (Å²) in [6.07, 6.45) is 1.73. The molecular weight excluding hydrogens is 376 g/mol. The van der Waals surface area contributed by atoms with Crippen LogP contribution in [-0.2, 0) is 0 Å². The Labute approximate surface area is 172 Å². The van der Waals surface area contributed by atoms with Gasteiger partial charge in [0.05, 0.1) is 15.9 Å². The predicted octanol–water partition coefficient (Wildman–Crippen LogP) is 6.88. The molecule has 3 nitrogen and oxygen atoms in total. The first-order chi connectivity index (χ1) is 14.2. The summed E-state index contributed by atoms with van der Waals surface area (Å²) in [5, 5.41) is 13.3. The van der Waals surface area contributed by atoms with Crippen molar-refractivity contribution in [2.45, 2.75) is 6.92 Å². The van der Waals surface area contributed by atoms with Crippen LogP contribution in [-0.4, -0.2) is 16.3 Å². The molecule has 0 radical (unpaired) electrons. The number of aliphatic imine (C=N–C) groups is 1. The van der Waals surface area contributed by atoms with Gasteiger partial charge in [-0.05, 0) is 65.7 Å². The third-order valence-corrected chi connectivity index (χ3v) is 6.02. The fraction of sp³-hybridized carbons (Fsp3) is 0.0400. The van der Waals surface area contributed by atoms with E-state index in [0.717, 1.165) is 38.1 Å². The molecule has 1 aromatic heterocycles. The topological polar surface area (TPSA) is 45.5 Å². The van der Waals surface area contributed by atoms with Gasteiger partial charge in [-0.3, -0.25) is 4.99 Å². The first-order valence-electron chi connectivity index (χ1n) is 9.40. The molecule has 0 saturated carbocycles. The van der Waals surface area contributed by atoms with E-state index in [4.69, 9.17) is 4.98 Å². The van der Waals surface area contributed by atoms with Gasteiger partial charge in [0.2, 0.25) is 0 Å². The molecule has 0 amide bonds. The molecule has 1 heterocycles. The second-order valence-corrected chi connectivity index (χ2v) is 8.05. The van der Waals surface area contributed by atoms with Crippen LogP contribution in [0, 0.1) is 6.92 Å². The van der Waals surface area contributed by atoms with Gasteiger partial charge in [-0.1, -0.05) is 36.4 Å². The van der Waals surface area contributed by atoms with E-state index in [9.17, 15) is 5.11 Å². The Morgan fingerprint density at radius 2 is 1.76 bits per heavy atom. The summed E-state index contributed by atoms with van der Waals surface area (Å²) in [5.41, 5.74) is 4.92. The summed E-state index contributed by atoms with van der Waals surface area (Å²) >= 11 is 1.70. The smallest absolute Gasteiger partial charge is 0.124 e. The van der Waals surface area contributed by atoms with Gasteiger partial charge in [0.1, 0.15) is 10.8 Å². The van der Waals surface area contributed by atoms with Gasteiger partial charge in [0, 0.05) is 17.3 Å². The maximum Gasteiger partial charge on any atom is 0.124 e. The highest BCUT2D eigenvalue weighted by molar-refractivity contribution is 7.21. The molecule has 29 heavy (non-hydrogen) atoms. The number of nitrogens with zero attached hydrogens (tertiary/aromatic N) is 2. The molecule has 0 fully saturated rings. The van der Waals surface area contributed by atoms with Gasteiger partial charge in [0.15, 0.2) is 0 Å². The number of thiazole rings is 1. The number of aryl methyl sites for hydroxylation is 1. The van der Waals surface area contributed by atoms with Crippen LogP contribution < -0.4 is 0 Å². The molecule has 0 aliphatic heterocycles. The highest BCUT2D eigenvalue weighted by Gasteiger charge is 2.07. The van der Waals surface area contributed by atoms with Crippen LogP contribution >= 0.6 is 11.3 Å². The number of aromatic nitrogens is 1. The van der Waals surface area contributed by atoms with Gasteiger partial charge in [-0.25, -0.2) is 4.98 Å². The summed E-state index contributed by atoms with van der Waals surface area (Å²) in [4.78, 5) is 9.31. The molecule has 1 N–H and O–H groups in total. The van der Waals surface area contributed by atoms with E-state index in [2.05, 4.69) is 30.1 Å². The Kier molecular flexibility index (Phi) is 4.34. The van der Waals surface area contributed by atoms with Crippen LogP contribution in [0.4, 0.5) is 5.69 Å². The number of aromatic hydroxyl groups is 1. The quantitative estimate of drug-likeness (QED) is 0.339. The number of fused-ring (bicyclic) bond motifs is 2. The Morgan fingerprint density at radius 3 is 2.62 bits per heavy atom. The Hall–Kier alpha value is -3.50. The number of benzene rings is 4. The summed E-state index contributed by atoms with van der Waals surface area (Å²) in [5.74, 6) is 0.230. The second kappa shape index (κ2) is 7.15. The van der Waals surface area contributed by atoms with Crippen molar-refractivity contribution in [3.05, 3.63) is 90.0 Å². The normalized spacial score (nSPS) is 11.6. The van der Waals surface area contributed by atoms with Gasteiger partial charge < -0.3 is 5.11 Å². The molecule has 140 valence electrons. The predicted molar refractivity (Wildman–Crippen MR) is 123 cm³/mol. The highest BCUT2D eigenvalue weighted by Crippen LogP contribution is 2.32. The van der Waals surface area contributed by atoms with E-state index in [-0.39, 0.29) is 5.75 Å². The molecule has 0 unspecified atom stereocenters. The van der Waals surface area contributed by atoms with Crippen molar-refractivity contribution in [2.75, 3.05) is 0 Å². The Morgan fingerprint density at radius 1 is 0.931 bits per heavy atom. The summed E-state index contributed by atoms with van der Waals surface area (Å²) < 4.78 is 1.20. The van der Waals surface area contributed by atoms with E-state index in [1.807, 2.05) is 54.6 Å². The molecule has 4 aromatic carbocycles. The Bertz CT molecular complexity index is 1370. The van der Waals surface area contributed by atoms with Crippen molar-refractivity contribution < 1.29 is 5.11 Å². The minimum absolute atomic E-state index is 0.230. The molecular formula is C25H18N2OS. The van der Waals surface area contributed by atoms with Gasteiger partial charge in [-0.2, -0.15) is 0 Å². The fourth-order valence-corrected chi connectivity index (χ4v) is 4.47. The fourth-order valence-electron chi connectivity index (χ4n) is 3.40. The van der Waals surface area contributed by atoms with Gasteiger partial charge in [0.25, 0.3) is 0 Å². The number of phenolic OH excluding ortho intramolecular Hbond substituents is 1. The van der Waals surface area contributed by atoms with Crippen LogP contribution in [0.3, 0.4) is 0 Å². The van der Waals surface area contributed by atoms with E-state index in [0.29, 0.717) is 0 Å². The number of phenols is 1. The van der Waals surface area contributed by atoms with Crippen LogP contribution in [0.2, 0.25) is 0 Å². The van der Waals surface area contributed by atoms with Crippen LogP contribution in [0.5, 0.6) is 5.75 Å². The minimum Gasteiger partial charge on any atom is -0.507 e. The highest BCUT2D eigenvalue weighted by atomic mass is 32.1. The SMILES string of the molecule is Cc1ccc2nc(-c3ccc(N=Cc4c(O)ccc5ccccc45)cc3)sc2c1. The summed E-state index contributed by atoms with van der Waals surface area (Å²) in [6.45, 7) is 2.10. The van der Waals surface area contributed by atoms with Crippen LogP contribution in [0.15, 0.2) is 83.9 Å². The molecule has 0 spiro atoms. The molecule has 0 saturated heterocycles. The molecule has 0 aliphatic carbocycles. The van der Waals surface area contributed by atoms with Crippen molar-refractivity contribution in [1.82, 2.24) is 4.98 Å². The third-order valence-electron chi connectivity index (χ3n) is 4.95. The molecule has 0 bridgehead atoms. The lowest BCUT2D eigenvalue weighted by Crippen LogP contribution is -1.85. The first kappa shape index (κ1) is 17.6. The zero-order chi connectivity index (χ0) is 19.8. The van der Waals surface area contributed by atoms with Crippen LogP contribution in [0.25, 0.3) is 31.6 Å². The average molecular weight is 394 g/mol. The van der Waals surface area contributed by atoms with Crippen LogP contribution in [0.1, 0.15) is 11.1 Å². The van der Waals surface area contributed by atoms with E-state index < -0.39 is 0 Å². The van der Waals surface area contributed by atoms with E-state index in [1.54, 1.807) is 23.6 Å². The first-order valence-corrected chi connectivity index (χ1v) is 10.2. The number of hydrogen-bond acceptors (Lipinski definition) is 4. The second-order valence-electron chi connectivity index (χ2n) is 7.01. The number of hydrogen-bond donors (Lipinski definition) is 1. The zero-order valence-corrected chi connectivity index (χ0v) is 16.6. The lowest BCUT2D eigenvalue weighted by molar-refractivity contribution is 0.475. The third kappa shape index (κ3) is 3.39.